The summed E-state index contributed by atoms with van der Waals surface area (Å²) in [7, 11) is 0. The molecule has 0 saturated carbocycles. The maximum Gasteiger partial charge on any atom is 0.147 e. The van der Waals surface area contributed by atoms with E-state index >= 15 is 0 Å². The summed E-state index contributed by atoms with van der Waals surface area (Å²) in [4.78, 5) is 0. The van der Waals surface area contributed by atoms with Gasteiger partial charge in [0.25, 0.3) is 0 Å². The Bertz CT molecular complexity index is 155. The highest BCUT2D eigenvalue weighted by Crippen LogP contribution is 2.55. The Hall–Kier alpha value is -0.0400. The van der Waals surface area contributed by atoms with Crippen LogP contribution in [0, 0.1) is 0 Å². The molecular weight excluding hydrogens is 110 g/mol. The lowest BCUT2D eigenvalue weighted by atomic mass is 10.1. The van der Waals surface area contributed by atoms with Crippen LogP contribution in [0.4, 0.5) is 0 Å². The Labute approximate surface area is 56.2 Å². The molecule has 0 amide bonds. The highest BCUT2D eigenvalue weighted by atomic mass is 15.6. The minimum absolute atomic E-state index is 1.17. The first-order valence-electron chi connectivity index (χ1n) is 4.30. The molecule has 1 nitrogen and oxygen atoms in total. The van der Waals surface area contributed by atoms with Gasteiger partial charge in [-0.1, -0.05) is 0 Å². The van der Waals surface area contributed by atoms with Crippen LogP contribution in [0.2, 0.25) is 0 Å². The number of fused-ring (bicyclic) bond motifs is 1. The Morgan fingerprint density at radius 3 is 2.33 bits per heavy atom. The van der Waals surface area contributed by atoms with Crippen molar-refractivity contribution in [2.24, 2.45) is 0 Å². The van der Waals surface area contributed by atoms with Gasteiger partial charge in [-0.3, -0.25) is 0 Å². The summed E-state index contributed by atoms with van der Waals surface area (Å²) < 4.78 is 1.58. The third kappa shape index (κ3) is 0.362. The van der Waals surface area contributed by atoms with Crippen molar-refractivity contribution in [2.45, 2.75) is 37.8 Å². The zero-order chi connectivity index (χ0) is 5.90. The summed E-state index contributed by atoms with van der Waals surface area (Å²) in [5, 5.41) is 0. The largest absolute Gasteiger partial charge is 0.309 e. The average Bonchev–Trinajstić information content (AvgIpc) is 2.31. The lowest BCUT2D eigenvalue weighted by Crippen LogP contribution is -2.42. The summed E-state index contributed by atoms with van der Waals surface area (Å²) in [5.74, 6) is 0. The molecule has 3 aliphatic heterocycles. The normalized spacial score (nSPS) is 61.3. The lowest BCUT2D eigenvalue weighted by Gasteiger charge is -2.29. The van der Waals surface area contributed by atoms with Crippen molar-refractivity contribution >= 4 is 0 Å². The molecule has 1 heteroatoms. The SMILES string of the molecule is C1CC[N+]23CCC2C3C1. The Morgan fingerprint density at radius 2 is 1.78 bits per heavy atom. The minimum atomic E-state index is 1.17. The molecule has 0 aromatic heterocycles. The molecule has 3 atom stereocenters. The maximum atomic E-state index is 1.58. The fraction of sp³-hybridized carbons (Fsp3) is 1.00. The van der Waals surface area contributed by atoms with Gasteiger partial charge in [0.1, 0.15) is 12.1 Å². The molecule has 0 aliphatic carbocycles. The third-order valence-corrected chi connectivity index (χ3v) is 3.84. The minimum Gasteiger partial charge on any atom is -0.309 e. The molecule has 50 valence electrons. The van der Waals surface area contributed by atoms with E-state index in [1.54, 1.807) is 17.3 Å². The number of nitrogens with zero attached hydrogens (tertiary/aromatic N) is 1. The van der Waals surface area contributed by atoms with E-state index in [9.17, 15) is 0 Å². The summed E-state index contributed by atoms with van der Waals surface area (Å²) in [5.41, 5.74) is 0. The van der Waals surface area contributed by atoms with E-state index in [2.05, 4.69) is 0 Å². The van der Waals surface area contributed by atoms with Gasteiger partial charge in [-0.15, -0.1) is 0 Å². The summed E-state index contributed by atoms with van der Waals surface area (Å²) in [6.45, 7) is 3.07. The molecule has 3 saturated heterocycles. The van der Waals surface area contributed by atoms with Gasteiger partial charge in [0.2, 0.25) is 0 Å². The molecular formula is C8H14N+. The van der Waals surface area contributed by atoms with E-state index in [4.69, 9.17) is 0 Å². The molecule has 3 aliphatic rings. The first kappa shape index (κ1) is 4.73. The van der Waals surface area contributed by atoms with E-state index in [0.29, 0.717) is 0 Å². The van der Waals surface area contributed by atoms with Crippen molar-refractivity contribution < 1.29 is 4.48 Å². The number of hydrogen-bond donors (Lipinski definition) is 0. The molecule has 9 heavy (non-hydrogen) atoms. The van der Waals surface area contributed by atoms with E-state index < -0.39 is 0 Å². The second-order valence-electron chi connectivity index (χ2n) is 3.97. The Morgan fingerprint density at radius 1 is 0.889 bits per heavy atom. The van der Waals surface area contributed by atoms with Gasteiger partial charge in [0.15, 0.2) is 0 Å². The Balaban J connectivity index is 1.89. The van der Waals surface area contributed by atoms with Crippen LogP contribution in [-0.4, -0.2) is 29.7 Å². The lowest BCUT2D eigenvalue weighted by molar-refractivity contribution is -0.862. The number of hydrogen-bond acceptors (Lipinski definition) is 0. The van der Waals surface area contributed by atoms with Gasteiger partial charge in [-0.05, 0) is 12.8 Å². The summed E-state index contributed by atoms with van der Waals surface area (Å²) in [6.07, 6.45) is 6.17. The fourth-order valence-corrected chi connectivity index (χ4v) is 3.21. The van der Waals surface area contributed by atoms with Crippen LogP contribution in [0.15, 0.2) is 0 Å². The zero-order valence-electron chi connectivity index (χ0n) is 5.84. The van der Waals surface area contributed by atoms with Gasteiger partial charge in [0.05, 0.1) is 19.5 Å². The van der Waals surface area contributed by atoms with Crippen molar-refractivity contribution in [3.63, 3.8) is 0 Å². The topological polar surface area (TPSA) is 0 Å². The number of quaternary nitrogens is 1. The van der Waals surface area contributed by atoms with Crippen LogP contribution in [0.3, 0.4) is 0 Å². The van der Waals surface area contributed by atoms with Crippen LogP contribution < -0.4 is 0 Å². The van der Waals surface area contributed by atoms with E-state index in [0.717, 1.165) is 0 Å². The van der Waals surface area contributed by atoms with Gasteiger partial charge in [0, 0.05) is 6.42 Å². The standard InChI is InChI=1S/C8H14N/c1-2-5-9-6-4-8(9)7(9)3-1/h7-8H,1-6H2/q+1. The van der Waals surface area contributed by atoms with E-state index in [1.807, 2.05) is 0 Å². The van der Waals surface area contributed by atoms with Crippen molar-refractivity contribution in [1.82, 2.24) is 0 Å². The van der Waals surface area contributed by atoms with Gasteiger partial charge >= 0.3 is 0 Å². The molecule has 1 spiro atoms. The van der Waals surface area contributed by atoms with E-state index in [-0.39, 0.29) is 0 Å². The fourth-order valence-electron chi connectivity index (χ4n) is 3.21. The molecule has 0 radical (unpaired) electrons. The van der Waals surface area contributed by atoms with Crippen molar-refractivity contribution in [3.8, 4) is 0 Å². The molecule has 3 rings (SSSR count). The second kappa shape index (κ2) is 1.20. The first-order valence-corrected chi connectivity index (χ1v) is 4.30. The van der Waals surface area contributed by atoms with Crippen LogP contribution in [0.1, 0.15) is 25.7 Å². The summed E-state index contributed by atoms with van der Waals surface area (Å²) in [6, 6.07) is 2.34. The number of rotatable bonds is 0. The van der Waals surface area contributed by atoms with Gasteiger partial charge < -0.3 is 4.48 Å². The predicted molar refractivity (Wildman–Crippen MR) is 36.0 cm³/mol. The smallest absolute Gasteiger partial charge is 0.147 e. The van der Waals surface area contributed by atoms with Crippen LogP contribution in [-0.2, 0) is 0 Å². The molecule has 0 bridgehead atoms. The van der Waals surface area contributed by atoms with Crippen molar-refractivity contribution in [1.29, 1.82) is 0 Å². The molecule has 3 fully saturated rings. The molecule has 3 unspecified atom stereocenters. The molecule has 0 N–H and O–H groups in total. The summed E-state index contributed by atoms with van der Waals surface area (Å²) >= 11 is 0. The van der Waals surface area contributed by atoms with Crippen LogP contribution >= 0.6 is 0 Å². The van der Waals surface area contributed by atoms with Gasteiger partial charge in [-0.25, -0.2) is 0 Å². The highest BCUT2D eigenvalue weighted by molar-refractivity contribution is 4.97. The molecule has 0 aromatic rings. The van der Waals surface area contributed by atoms with Crippen LogP contribution in [0.5, 0.6) is 0 Å². The van der Waals surface area contributed by atoms with Gasteiger partial charge in [-0.2, -0.15) is 0 Å². The third-order valence-electron chi connectivity index (χ3n) is 3.84. The number of piperidine rings is 1. The Kier molecular flexibility index (Phi) is 0.628. The zero-order valence-corrected chi connectivity index (χ0v) is 5.84. The van der Waals surface area contributed by atoms with Crippen molar-refractivity contribution in [3.05, 3.63) is 0 Å². The maximum absolute atomic E-state index is 1.58. The molecule has 3 heterocycles. The van der Waals surface area contributed by atoms with Crippen LogP contribution in [0.25, 0.3) is 0 Å². The molecule has 0 aromatic carbocycles. The predicted octanol–water partition coefficient (Wildman–Crippen LogP) is 1.14. The van der Waals surface area contributed by atoms with E-state index in [1.165, 1.54) is 38.0 Å². The average molecular weight is 124 g/mol. The first-order chi connectivity index (χ1) is 4.43. The second-order valence-corrected chi connectivity index (χ2v) is 3.97. The quantitative estimate of drug-likeness (QED) is 0.335. The van der Waals surface area contributed by atoms with Crippen molar-refractivity contribution in [2.75, 3.05) is 13.1 Å². The monoisotopic (exact) mass is 124 g/mol. The highest BCUT2D eigenvalue weighted by Gasteiger charge is 2.72.